The van der Waals surface area contributed by atoms with Gasteiger partial charge in [0, 0.05) is 22.4 Å². The van der Waals surface area contributed by atoms with Crippen LogP contribution in [0.25, 0.3) is 0 Å². The van der Waals surface area contributed by atoms with Crippen LogP contribution in [0, 0.1) is 0 Å². The summed E-state index contributed by atoms with van der Waals surface area (Å²) in [6, 6.07) is 4.09. The quantitative estimate of drug-likeness (QED) is 0.860. The van der Waals surface area contributed by atoms with Crippen LogP contribution in [0.5, 0.6) is 0 Å². The van der Waals surface area contributed by atoms with Crippen LogP contribution >= 0.6 is 23.1 Å². The molecule has 1 amide bonds. The zero-order valence-electron chi connectivity index (χ0n) is 9.23. The number of hydrogen-bond donors (Lipinski definition) is 2. The van der Waals surface area contributed by atoms with Crippen molar-refractivity contribution < 1.29 is 4.79 Å². The average molecular weight is 256 g/mol. The fraction of sp³-hybridized carbons (Fsp3) is 0.545. The van der Waals surface area contributed by atoms with E-state index in [0.29, 0.717) is 5.25 Å². The fourth-order valence-corrected chi connectivity index (χ4v) is 3.92. The zero-order chi connectivity index (χ0) is 11.6. The zero-order valence-corrected chi connectivity index (χ0v) is 10.9. The minimum atomic E-state index is -0.506. The molecule has 0 aliphatic carbocycles. The topological polar surface area (TPSA) is 55.1 Å². The van der Waals surface area contributed by atoms with Crippen LogP contribution in [-0.2, 0) is 11.3 Å². The van der Waals surface area contributed by atoms with Crippen LogP contribution in [-0.4, -0.2) is 22.4 Å². The molecule has 1 saturated heterocycles. The van der Waals surface area contributed by atoms with Gasteiger partial charge in [0.05, 0.1) is 0 Å². The Morgan fingerprint density at radius 1 is 1.75 bits per heavy atom. The summed E-state index contributed by atoms with van der Waals surface area (Å²) in [4.78, 5) is 12.8. The SMILES string of the molecule is CC1CC(NCc2cccs2)(C(N)=O)CS1. The Balaban J connectivity index is 2.01. The maximum atomic E-state index is 11.6. The van der Waals surface area contributed by atoms with E-state index in [1.165, 1.54) is 4.88 Å². The van der Waals surface area contributed by atoms with Crippen LogP contribution in [0.4, 0.5) is 0 Å². The van der Waals surface area contributed by atoms with E-state index in [1.807, 2.05) is 23.2 Å². The van der Waals surface area contributed by atoms with E-state index >= 15 is 0 Å². The van der Waals surface area contributed by atoms with Gasteiger partial charge in [-0.3, -0.25) is 10.1 Å². The van der Waals surface area contributed by atoms with Crippen LogP contribution in [0.15, 0.2) is 17.5 Å². The summed E-state index contributed by atoms with van der Waals surface area (Å²) in [5, 5.41) is 5.89. The van der Waals surface area contributed by atoms with E-state index in [0.717, 1.165) is 18.7 Å². The molecular weight excluding hydrogens is 240 g/mol. The predicted molar refractivity (Wildman–Crippen MR) is 69.6 cm³/mol. The van der Waals surface area contributed by atoms with Gasteiger partial charge < -0.3 is 5.73 Å². The lowest BCUT2D eigenvalue weighted by atomic mass is 9.95. The largest absolute Gasteiger partial charge is 0.368 e. The number of rotatable bonds is 4. The lowest BCUT2D eigenvalue weighted by Crippen LogP contribution is -2.55. The molecule has 0 saturated carbocycles. The Kier molecular flexibility index (Phi) is 3.56. The van der Waals surface area contributed by atoms with Crippen molar-refractivity contribution in [1.29, 1.82) is 0 Å². The van der Waals surface area contributed by atoms with Crippen molar-refractivity contribution in [3.8, 4) is 0 Å². The molecule has 1 fully saturated rings. The summed E-state index contributed by atoms with van der Waals surface area (Å²) in [6.07, 6.45) is 0.832. The summed E-state index contributed by atoms with van der Waals surface area (Å²) in [5.41, 5.74) is 5.02. The summed E-state index contributed by atoms with van der Waals surface area (Å²) < 4.78 is 0. The second-order valence-electron chi connectivity index (χ2n) is 4.21. The van der Waals surface area contributed by atoms with E-state index in [-0.39, 0.29) is 5.91 Å². The number of thioether (sulfide) groups is 1. The highest BCUT2D eigenvalue weighted by molar-refractivity contribution is 8.00. The van der Waals surface area contributed by atoms with E-state index in [2.05, 4.69) is 18.3 Å². The highest BCUT2D eigenvalue weighted by Gasteiger charge is 2.42. The minimum Gasteiger partial charge on any atom is -0.368 e. The summed E-state index contributed by atoms with van der Waals surface area (Å²) in [6.45, 7) is 2.87. The Hall–Kier alpha value is -0.520. The molecule has 1 aliphatic heterocycles. The van der Waals surface area contributed by atoms with Crippen molar-refractivity contribution in [2.24, 2.45) is 5.73 Å². The molecule has 2 rings (SSSR count). The first-order chi connectivity index (χ1) is 7.62. The van der Waals surface area contributed by atoms with Gasteiger partial charge in [-0.2, -0.15) is 11.8 Å². The summed E-state index contributed by atoms with van der Waals surface area (Å²) in [5.74, 6) is 0.565. The molecule has 88 valence electrons. The fourth-order valence-electron chi connectivity index (χ4n) is 1.94. The van der Waals surface area contributed by atoms with Gasteiger partial charge in [-0.05, 0) is 17.9 Å². The molecule has 0 aromatic carbocycles. The lowest BCUT2D eigenvalue weighted by molar-refractivity contribution is -0.123. The first-order valence-electron chi connectivity index (χ1n) is 5.31. The maximum absolute atomic E-state index is 11.6. The van der Waals surface area contributed by atoms with Crippen molar-refractivity contribution in [3.05, 3.63) is 22.4 Å². The first-order valence-corrected chi connectivity index (χ1v) is 7.24. The monoisotopic (exact) mass is 256 g/mol. The molecule has 3 nitrogen and oxygen atoms in total. The molecule has 0 bridgehead atoms. The van der Waals surface area contributed by atoms with Crippen molar-refractivity contribution in [3.63, 3.8) is 0 Å². The van der Waals surface area contributed by atoms with Crippen molar-refractivity contribution in [2.75, 3.05) is 5.75 Å². The lowest BCUT2D eigenvalue weighted by Gasteiger charge is -2.26. The van der Waals surface area contributed by atoms with Crippen molar-refractivity contribution in [2.45, 2.75) is 30.7 Å². The minimum absolute atomic E-state index is 0.221. The third-order valence-electron chi connectivity index (χ3n) is 2.90. The molecular formula is C11H16N2OS2. The van der Waals surface area contributed by atoms with E-state index in [9.17, 15) is 4.79 Å². The van der Waals surface area contributed by atoms with E-state index < -0.39 is 5.54 Å². The molecule has 3 N–H and O–H groups in total. The molecule has 16 heavy (non-hydrogen) atoms. The Morgan fingerprint density at radius 2 is 2.56 bits per heavy atom. The highest BCUT2D eigenvalue weighted by Crippen LogP contribution is 2.34. The average Bonchev–Trinajstić information content (AvgIpc) is 2.84. The number of nitrogens with one attached hydrogen (secondary N) is 1. The van der Waals surface area contributed by atoms with Gasteiger partial charge in [0.25, 0.3) is 0 Å². The molecule has 0 radical (unpaired) electrons. The number of carbonyl (C=O) groups is 1. The first kappa shape index (κ1) is 12.0. The molecule has 1 aromatic rings. The van der Waals surface area contributed by atoms with Gasteiger partial charge in [-0.15, -0.1) is 11.3 Å². The van der Waals surface area contributed by atoms with Gasteiger partial charge in [-0.25, -0.2) is 0 Å². The van der Waals surface area contributed by atoms with Gasteiger partial charge in [0.1, 0.15) is 5.54 Å². The smallest absolute Gasteiger partial charge is 0.238 e. The number of hydrogen-bond acceptors (Lipinski definition) is 4. The molecule has 0 spiro atoms. The van der Waals surface area contributed by atoms with Gasteiger partial charge in [-0.1, -0.05) is 13.0 Å². The highest BCUT2D eigenvalue weighted by atomic mass is 32.2. The molecule has 2 atom stereocenters. The Bertz CT molecular complexity index is 366. The number of amides is 1. The van der Waals surface area contributed by atoms with Gasteiger partial charge >= 0.3 is 0 Å². The Morgan fingerprint density at radius 3 is 3.06 bits per heavy atom. The normalized spacial score (nSPS) is 29.4. The molecule has 1 aromatic heterocycles. The maximum Gasteiger partial charge on any atom is 0.238 e. The Labute approximate surface area is 104 Å². The number of carbonyl (C=O) groups excluding carboxylic acids is 1. The predicted octanol–water partition coefficient (Wildman–Crippen LogP) is 1.59. The second kappa shape index (κ2) is 4.77. The molecule has 5 heteroatoms. The molecule has 1 aliphatic rings. The van der Waals surface area contributed by atoms with Crippen molar-refractivity contribution >= 4 is 29.0 Å². The number of nitrogens with two attached hydrogens (primary N) is 1. The van der Waals surface area contributed by atoms with Crippen molar-refractivity contribution in [1.82, 2.24) is 5.32 Å². The third kappa shape index (κ3) is 2.42. The standard InChI is InChI=1S/C11H16N2OS2/c1-8-5-11(7-16-8,10(12)14)13-6-9-3-2-4-15-9/h2-4,8,13H,5-7H2,1H3,(H2,12,14). The molecule has 2 heterocycles. The number of primary amides is 1. The van der Waals surface area contributed by atoms with Gasteiger partial charge in [0.2, 0.25) is 5.91 Å². The van der Waals surface area contributed by atoms with Crippen LogP contribution in [0.2, 0.25) is 0 Å². The second-order valence-corrected chi connectivity index (χ2v) is 6.66. The molecule has 2 unspecified atom stereocenters. The summed E-state index contributed by atoms with van der Waals surface area (Å²) in [7, 11) is 0. The third-order valence-corrected chi connectivity index (χ3v) is 5.17. The van der Waals surface area contributed by atoms with Crippen LogP contribution < -0.4 is 11.1 Å². The van der Waals surface area contributed by atoms with Gasteiger partial charge in [0.15, 0.2) is 0 Å². The summed E-state index contributed by atoms with van der Waals surface area (Å²) >= 11 is 3.51. The number of thiophene rings is 1. The van der Waals surface area contributed by atoms with E-state index in [4.69, 9.17) is 5.73 Å². The van der Waals surface area contributed by atoms with Crippen LogP contribution in [0.3, 0.4) is 0 Å². The van der Waals surface area contributed by atoms with Crippen LogP contribution in [0.1, 0.15) is 18.2 Å². The van der Waals surface area contributed by atoms with E-state index in [1.54, 1.807) is 11.3 Å².